The van der Waals surface area contributed by atoms with Crippen molar-refractivity contribution in [3.63, 3.8) is 0 Å². The van der Waals surface area contributed by atoms with Gasteiger partial charge in [-0.25, -0.2) is 0 Å². The Morgan fingerprint density at radius 2 is 1.00 bits per heavy atom. The Kier molecular flexibility index (Phi) is 8.78. The first-order chi connectivity index (χ1) is 14.9. The number of amides is 2. The Morgan fingerprint density at radius 3 is 1.32 bits per heavy atom. The summed E-state index contributed by atoms with van der Waals surface area (Å²) in [6, 6.07) is 11.9. The molecule has 2 N–H and O–H groups in total. The summed E-state index contributed by atoms with van der Waals surface area (Å²) in [4.78, 5) is 68.4. The van der Waals surface area contributed by atoms with Gasteiger partial charge in [0.2, 0.25) is 0 Å². The molecule has 0 fully saturated rings. The summed E-state index contributed by atoms with van der Waals surface area (Å²) in [5.41, 5.74) is 1.52. The first kappa shape index (κ1) is 23.1. The average Bonchev–Trinajstić information content (AvgIpc) is 2.79. The number of hydrogen-bond donors (Lipinski definition) is 2. The predicted octanol–water partition coefficient (Wildman–Crippen LogP) is 1.32. The van der Waals surface area contributed by atoms with Crippen LogP contribution >= 0.6 is 0 Å². The van der Waals surface area contributed by atoms with E-state index in [1.807, 2.05) is 0 Å². The summed E-state index contributed by atoms with van der Waals surface area (Å²) < 4.78 is 4.63. The van der Waals surface area contributed by atoms with Crippen LogP contribution in [0, 0.1) is 0 Å². The molecule has 0 saturated heterocycles. The summed E-state index contributed by atoms with van der Waals surface area (Å²) in [5.74, 6) is -2.48. The van der Waals surface area contributed by atoms with E-state index in [1.54, 1.807) is 0 Å². The quantitative estimate of drug-likeness (QED) is 0.333. The van der Waals surface area contributed by atoms with Crippen LogP contribution in [0.2, 0.25) is 0 Å². The molecule has 0 spiro atoms. The molecule has 0 aliphatic rings. The van der Waals surface area contributed by atoms with E-state index < -0.39 is 23.8 Å². The fraction of sp³-hybridized carbons (Fsp3) is 0.182. The SMILES string of the molecule is O=Cc1ccc(C(=O)NCCC(=O)OC(=O)CCNC(=O)c2ccc(C=O)cc2)cc1. The molecular weight excluding hydrogens is 404 g/mol. The molecule has 0 aromatic heterocycles. The van der Waals surface area contributed by atoms with E-state index in [9.17, 15) is 28.8 Å². The maximum atomic E-state index is 11.9. The molecule has 31 heavy (non-hydrogen) atoms. The molecule has 2 aromatic rings. The highest BCUT2D eigenvalue weighted by molar-refractivity contribution is 5.96. The van der Waals surface area contributed by atoms with Crippen molar-refractivity contribution in [1.29, 1.82) is 0 Å². The van der Waals surface area contributed by atoms with Crippen LogP contribution < -0.4 is 10.6 Å². The molecule has 9 heteroatoms. The highest BCUT2D eigenvalue weighted by Gasteiger charge is 2.13. The van der Waals surface area contributed by atoms with Crippen molar-refractivity contribution in [3.05, 3.63) is 70.8 Å². The van der Waals surface area contributed by atoms with Crippen molar-refractivity contribution >= 4 is 36.3 Å². The molecule has 2 rings (SSSR count). The van der Waals surface area contributed by atoms with Crippen molar-refractivity contribution < 1.29 is 33.5 Å². The zero-order valence-corrected chi connectivity index (χ0v) is 16.5. The molecule has 160 valence electrons. The van der Waals surface area contributed by atoms with Gasteiger partial charge in [-0.15, -0.1) is 0 Å². The molecule has 0 radical (unpaired) electrons. The molecule has 0 atom stereocenters. The van der Waals surface area contributed by atoms with Gasteiger partial charge in [-0.05, 0) is 24.3 Å². The molecule has 2 amide bonds. The van der Waals surface area contributed by atoms with Gasteiger partial charge in [-0.1, -0.05) is 24.3 Å². The van der Waals surface area contributed by atoms with E-state index in [0.717, 1.165) is 0 Å². The van der Waals surface area contributed by atoms with E-state index in [2.05, 4.69) is 15.4 Å². The lowest BCUT2D eigenvalue weighted by atomic mass is 10.1. The van der Waals surface area contributed by atoms with Crippen LogP contribution in [-0.2, 0) is 14.3 Å². The van der Waals surface area contributed by atoms with E-state index >= 15 is 0 Å². The minimum absolute atomic E-state index is 0.0338. The van der Waals surface area contributed by atoms with Gasteiger partial charge in [0.25, 0.3) is 11.8 Å². The summed E-state index contributed by atoms with van der Waals surface area (Å²) in [6.45, 7) is -0.0677. The largest absolute Gasteiger partial charge is 0.393 e. The number of hydrogen-bond acceptors (Lipinski definition) is 7. The Balaban J connectivity index is 1.64. The third-order valence-electron chi connectivity index (χ3n) is 4.07. The number of esters is 2. The highest BCUT2D eigenvalue weighted by atomic mass is 16.6. The number of benzene rings is 2. The third-order valence-corrected chi connectivity index (χ3v) is 4.07. The fourth-order valence-corrected chi connectivity index (χ4v) is 2.42. The van der Waals surface area contributed by atoms with Crippen LogP contribution in [0.25, 0.3) is 0 Å². The van der Waals surface area contributed by atoms with Crippen LogP contribution in [0.4, 0.5) is 0 Å². The summed E-state index contributed by atoms with van der Waals surface area (Å²) in [5, 5.41) is 5.01. The average molecular weight is 424 g/mol. The van der Waals surface area contributed by atoms with Gasteiger partial charge in [0.15, 0.2) is 0 Å². The van der Waals surface area contributed by atoms with Crippen molar-refractivity contribution in [2.75, 3.05) is 13.1 Å². The minimum atomic E-state index is -0.808. The Bertz CT molecular complexity index is 887. The molecule has 0 saturated carbocycles. The summed E-state index contributed by atoms with van der Waals surface area (Å²) >= 11 is 0. The predicted molar refractivity (Wildman–Crippen MR) is 109 cm³/mol. The van der Waals surface area contributed by atoms with Gasteiger partial charge >= 0.3 is 11.9 Å². The second kappa shape index (κ2) is 11.8. The van der Waals surface area contributed by atoms with Crippen LogP contribution in [0.15, 0.2) is 48.5 Å². The zero-order valence-electron chi connectivity index (χ0n) is 16.5. The zero-order chi connectivity index (χ0) is 22.6. The van der Waals surface area contributed by atoms with E-state index in [0.29, 0.717) is 34.8 Å². The first-order valence-electron chi connectivity index (χ1n) is 9.33. The van der Waals surface area contributed by atoms with Gasteiger partial charge in [-0.3, -0.25) is 28.8 Å². The maximum absolute atomic E-state index is 11.9. The van der Waals surface area contributed by atoms with Gasteiger partial charge in [0.05, 0.1) is 12.8 Å². The molecule has 9 nitrogen and oxygen atoms in total. The standard InChI is InChI=1S/C22H20N2O7/c25-13-15-1-5-17(6-2-15)21(29)23-11-9-19(27)31-20(28)10-12-24-22(30)18-7-3-16(14-26)4-8-18/h1-8,13-14H,9-12H2,(H,23,29)(H,24,30). The number of carbonyl (C=O) groups is 6. The van der Waals surface area contributed by atoms with Gasteiger partial charge in [-0.2, -0.15) is 0 Å². The van der Waals surface area contributed by atoms with Gasteiger partial charge < -0.3 is 15.4 Å². The van der Waals surface area contributed by atoms with Gasteiger partial charge in [0.1, 0.15) is 12.6 Å². The lowest BCUT2D eigenvalue weighted by Crippen LogP contribution is -2.28. The van der Waals surface area contributed by atoms with E-state index in [-0.39, 0.29) is 25.9 Å². The maximum Gasteiger partial charge on any atom is 0.315 e. The van der Waals surface area contributed by atoms with Crippen LogP contribution in [0.1, 0.15) is 54.3 Å². The number of nitrogens with one attached hydrogen (secondary N) is 2. The summed E-state index contributed by atoms with van der Waals surface area (Å²) in [7, 11) is 0. The lowest BCUT2D eigenvalue weighted by molar-refractivity contribution is -0.159. The Morgan fingerprint density at radius 1 is 0.645 bits per heavy atom. The second-order valence-electron chi connectivity index (χ2n) is 6.34. The molecule has 2 aromatic carbocycles. The van der Waals surface area contributed by atoms with E-state index in [4.69, 9.17) is 0 Å². The van der Waals surface area contributed by atoms with Gasteiger partial charge in [0, 0.05) is 35.3 Å². The van der Waals surface area contributed by atoms with E-state index in [1.165, 1.54) is 48.5 Å². The Hall–Kier alpha value is -4.14. The molecule has 0 heterocycles. The normalized spacial score (nSPS) is 9.94. The minimum Gasteiger partial charge on any atom is -0.393 e. The van der Waals surface area contributed by atoms with Crippen LogP contribution in [0.3, 0.4) is 0 Å². The molecular formula is C22H20N2O7. The van der Waals surface area contributed by atoms with Crippen molar-refractivity contribution in [2.24, 2.45) is 0 Å². The van der Waals surface area contributed by atoms with Crippen LogP contribution in [-0.4, -0.2) is 49.4 Å². The lowest BCUT2D eigenvalue weighted by Gasteiger charge is -2.07. The number of aldehydes is 2. The monoisotopic (exact) mass is 424 g/mol. The molecule has 0 unspecified atom stereocenters. The van der Waals surface area contributed by atoms with Crippen LogP contribution in [0.5, 0.6) is 0 Å². The molecule has 0 aliphatic carbocycles. The Labute approximate surface area is 177 Å². The second-order valence-corrected chi connectivity index (χ2v) is 6.34. The van der Waals surface area contributed by atoms with Crippen molar-refractivity contribution in [1.82, 2.24) is 10.6 Å². The number of carbonyl (C=O) groups excluding carboxylic acids is 6. The number of rotatable bonds is 10. The topological polar surface area (TPSA) is 136 Å². The third kappa shape index (κ3) is 7.65. The van der Waals surface area contributed by atoms with Crippen molar-refractivity contribution in [2.45, 2.75) is 12.8 Å². The fourth-order valence-electron chi connectivity index (χ4n) is 2.42. The van der Waals surface area contributed by atoms with Crippen molar-refractivity contribution in [3.8, 4) is 0 Å². The highest BCUT2D eigenvalue weighted by Crippen LogP contribution is 2.03. The smallest absolute Gasteiger partial charge is 0.315 e. The number of ether oxygens (including phenoxy) is 1. The summed E-state index contributed by atoms with van der Waals surface area (Å²) in [6.07, 6.45) is 0.900. The molecule has 0 bridgehead atoms. The first-order valence-corrected chi connectivity index (χ1v) is 9.33. The molecule has 0 aliphatic heterocycles.